The van der Waals surface area contributed by atoms with Crippen LogP contribution < -0.4 is 14.8 Å². The summed E-state index contributed by atoms with van der Waals surface area (Å²) in [6.45, 7) is 4.53. The summed E-state index contributed by atoms with van der Waals surface area (Å²) in [5.74, 6) is -0.577. The molecular weight excluding hydrogens is 322 g/mol. The van der Waals surface area contributed by atoms with E-state index in [1.165, 1.54) is 0 Å². The predicted molar refractivity (Wildman–Crippen MR) is 85.2 cm³/mol. The first-order valence-electron chi connectivity index (χ1n) is 7.52. The van der Waals surface area contributed by atoms with Gasteiger partial charge in [-0.1, -0.05) is 31.9 Å². The Hall–Kier alpha value is -1.95. The van der Waals surface area contributed by atoms with Gasteiger partial charge in [0.2, 0.25) is 5.91 Å². The molecule has 0 aliphatic carbocycles. The summed E-state index contributed by atoms with van der Waals surface area (Å²) in [5.41, 5.74) is 0.644. The maximum atomic E-state index is 12.1. The summed E-state index contributed by atoms with van der Waals surface area (Å²) in [6, 6.07) is 2.42. The Morgan fingerprint density at radius 2 is 2.04 bits per heavy atom. The fraction of sp³-hybridized carbons (Fsp3) is 0.500. The van der Waals surface area contributed by atoms with Crippen LogP contribution in [-0.2, 0) is 16.0 Å². The zero-order chi connectivity index (χ0) is 17.0. The van der Waals surface area contributed by atoms with Gasteiger partial charge in [-0.2, -0.15) is 0 Å². The van der Waals surface area contributed by atoms with Crippen molar-refractivity contribution in [3.8, 4) is 11.5 Å². The average Bonchev–Trinajstić information content (AvgIpc) is 2.51. The highest BCUT2D eigenvalue weighted by molar-refractivity contribution is 6.32. The number of hydrogen-bond acceptors (Lipinski definition) is 4. The molecule has 0 aromatic heterocycles. The summed E-state index contributed by atoms with van der Waals surface area (Å²) in [7, 11) is 0. The Morgan fingerprint density at radius 3 is 2.70 bits per heavy atom. The molecule has 1 aromatic carbocycles. The molecule has 1 amide bonds. The van der Waals surface area contributed by atoms with E-state index in [-0.39, 0.29) is 18.2 Å². The second-order valence-electron chi connectivity index (χ2n) is 5.55. The molecule has 0 bridgehead atoms. The molecule has 0 fully saturated rings. The number of rotatable bonds is 6. The first kappa shape index (κ1) is 17.4. The number of ether oxygens (including phenoxy) is 2. The quantitative estimate of drug-likeness (QED) is 0.829. The highest BCUT2D eigenvalue weighted by atomic mass is 35.5. The number of hydrogen-bond donors (Lipinski definition) is 2. The van der Waals surface area contributed by atoms with E-state index in [0.29, 0.717) is 41.7 Å². The van der Waals surface area contributed by atoms with Crippen LogP contribution in [0.15, 0.2) is 12.1 Å². The first-order chi connectivity index (χ1) is 10.9. The molecule has 2 N–H and O–H groups in total. The Morgan fingerprint density at radius 1 is 1.35 bits per heavy atom. The second kappa shape index (κ2) is 7.55. The largest absolute Gasteiger partial charge is 0.486 e. The Labute approximate surface area is 139 Å². The SMILES string of the molecule is CC[C@H](C)[C@H](NC(=O)Cc1cc(Cl)c2c(c1)OCCO2)C(=O)O. The van der Waals surface area contributed by atoms with Gasteiger partial charge in [-0.05, 0) is 23.6 Å². The van der Waals surface area contributed by atoms with Gasteiger partial charge in [-0.15, -0.1) is 0 Å². The molecule has 1 heterocycles. The van der Waals surface area contributed by atoms with Crippen molar-refractivity contribution in [2.24, 2.45) is 5.92 Å². The van der Waals surface area contributed by atoms with Gasteiger partial charge in [0.25, 0.3) is 0 Å². The maximum Gasteiger partial charge on any atom is 0.326 e. The van der Waals surface area contributed by atoms with Crippen molar-refractivity contribution in [1.29, 1.82) is 0 Å². The third kappa shape index (κ3) is 4.28. The van der Waals surface area contributed by atoms with E-state index in [0.717, 1.165) is 0 Å². The molecule has 1 aliphatic heterocycles. The van der Waals surface area contributed by atoms with Gasteiger partial charge in [-0.25, -0.2) is 4.79 Å². The Kier molecular flexibility index (Phi) is 5.71. The number of carbonyl (C=O) groups excluding carboxylic acids is 1. The lowest BCUT2D eigenvalue weighted by molar-refractivity contribution is -0.143. The van der Waals surface area contributed by atoms with Crippen LogP contribution in [-0.4, -0.2) is 36.2 Å². The third-order valence-electron chi connectivity index (χ3n) is 3.82. The lowest BCUT2D eigenvalue weighted by atomic mass is 9.99. The number of halogens is 1. The van der Waals surface area contributed by atoms with Crippen LogP contribution in [0.5, 0.6) is 11.5 Å². The summed E-state index contributed by atoms with van der Waals surface area (Å²) in [5, 5.41) is 12.2. The lowest BCUT2D eigenvalue weighted by Gasteiger charge is -2.21. The number of carboxylic acid groups (broad SMARTS) is 1. The number of aliphatic carboxylic acids is 1. The van der Waals surface area contributed by atoms with Gasteiger partial charge in [0, 0.05) is 0 Å². The van der Waals surface area contributed by atoms with Crippen LogP contribution in [0.3, 0.4) is 0 Å². The number of amides is 1. The molecule has 0 spiro atoms. The van der Waals surface area contributed by atoms with E-state index < -0.39 is 12.0 Å². The Bertz CT molecular complexity index is 604. The van der Waals surface area contributed by atoms with Gasteiger partial charge in [-0.3, -0.25) is 4.79 Å². The molecule has 0 saturated heterocycles. The second-order valence-corrected chi connectivity index (χ2v) is 5.95. The minimum absolute atomic E-state index is 0.0244. The number of carboxylic acids is 1. The van der Waals surface area contributed by atoms with Crippen molar-refractivity contribution in [3.05, 3.63) is 22.7 Å². The van der Waals surface area contributed by atoms with E-state index in [1.54, 1.807) is 19.1 Å². The molecule has 0 saturated carbocycles. The van der Waals surface area contributed by atoms with Crippen LogP contribution in [0.1, 0.15) is 25.8 Å². The minimum Gasteiger partial charge on any atom is -0.486 e. The molecule has 0 radical (unpaired) electrons. The Balaban J connectivity index is 2.08. The van der Waals surface area contributed by atoms with Crippen LogP contribution >= 0.6 is 11.6 Å². The van der Waals surface area contributed by atoms with Crippen molar-refractivity contribution >= 4 is 23.5 Å². The van der Waals surface area contributed by atoms with Crippen molar-refractivity contribution in [2.45, 2.75) is 32.7 Å². The fourth-order valence-electron chi connectivity index (χ4n) is 2.36. The van der Waals surface area contributed by atoms with E-state index in [4.69, 9.17) is 21.1 Å². The van der Waals surface area contributed by atoms with Crippen molar-refractivity contribution in [1.82, 2.24) is 5.32 Å². The molecule has 1 aliphatic rings. The van der Waals surface area contributed by atoms with E-state index in [2.05, 4.69) is 5.32 Å². The van der Waals surface area contributed by atoms with E-state index in [9.17, 15) is 14.7 Å². The van der Waals surface area contributed by atoms with Gasteiger partial charge in [0.1, 0.15) is 19.3 Å². The molecule has 23 heavy (non-hydrogen) atoms. The smallest absolute Gasteiger partial charge is 0.326 e. The zero-order valence-corrected chi connectivity index (χ0v) is 13.9. The highest BCUT2D eigenvalue weighted by Gasteiger charge is 2.25. The molecule has 2 atom stereocenters. The monoisotopic (exact) mass is 341 g/mol. The summed E-state index contributed by atoms with van der Waals surface area (Å²) < 4.78 is 10.9. The van der Waals surface area contributed by atoms with Crippen molar-refractivity contribution < 1.29 is 24.2 Å². The van der Waals surface area contributed by atoms with Crippen molar-refractivity contribution in [3.63, 3.8) is 0 Å². The number of benzene rings is 1. The lowest BCUT2D eigenvalue weighted by Crippen LogP contribution is -2.45. The molecular formula is C16H20ClNO5. The molecule has 0 unspecified atom stereocenters. The van der Waals surface area contributed by atoms with Crippen LogP contribution in [0, 0.1) is 5.92 Å². The summed E-state index contributed by atoms with van der Waals surface area (Å²) in [6.07, 6.45) is 0.684. The maximum absolute atomic E-state index is 12.1. The number of carbonyl (C=O) groups is 2. The standard InChI is InChI=1S/C16H20ClNO5/c1-3-9(2)14(16(20)21)18-13(19)8-10-6-11(17)15-12(7-10)22-4-5-23-15/h6-7,9,14H,3-5,8H2,1-2H3,(H,18,19)(H,20,21)/t9-,14-/m0/s1. The normalized spacial score (nSPS) is 15.6. The number of fused-ring (bicyclic) bond motifs is 1. The number of nitrogens with one attached hydrogen (secondary N) is 1. The van der Waals surface area contributed by atoms with Crippen LogP contribution in [0.2, 0.25) is 5.02 Å². The van der Waals surface area contributed by atoms with Gasteiger partial charge in [0.15, 0.2) is 11.5 Å². The fourth-order valence-corrected chi connectivity index (χ4v) is 2.65. The summed E-state index contributed by atoms with van der Waals surface area (Å²) in [4.78, 5) is 23.4. The third-order valence-corrected chi connectivity index (χ3v) is 4.10. The molecule has 1 aromatic rings. The van der Waals surface area contributed by atoms with E-state index >= 15 is 0 Å². The van der Waals surface area contributed by atoms with Gasteiger partial charge < -0.3 is 19.9 Å². The van der Waals surface area contributed by atoms with E-state index in [1.807, 2.05) is 6.92 Å². The summed E-state index contributed by atoms with van der Waals surface area (Å²) >= 11 is 6.13. The van der Waals surface area contributed by atoms with Gasteiger partial charge >= 0.3 is 5.97 Å². The molecule has 7 heteroatoms. The topological polar surface area (TPSA) is 84.9 Å². The first-order valence-corrected chi connectivity index (χ1v) is 7.90. The average molecular weight is 342 g/mol. The van der Waals surface area contributed by atoms with Crippen LogP contribution in [0.4, 0.5) is 0 Å². The molecule has 6 nitrogen and oxygen atoms in total. The molecule has 2 rings (SSSR count). The highest BCUT2D eigenvalue weighted by Crippen LogP contribution is 2.38. The minimum atomic E-state index is -1.03. The predicted octanol–water partition coefficient (Wildman–Crippen LogP) is 2.27. The zero-order valence-electron chi connectivity index (χ0n) is 13.1. The van der Waals surface area contributed by atoms with Crippen molar-refractivity contribution in [2.75, 3.05) is 13.2 Å². The molecule has 126 valence electrons. The van der Waals surface area contributed by atoms with Gasteiger partial charge in [0.05, 0.1) is 11.4 Å². The van der Waals surface area contributed by atoms with Crippen LogP contribution in [0.25, 0.3) is 0 Å².